The predicted octanol–water partition coefficient (Wildman–Crippen LogP) is 1.55. The Balaban J connectivity index is 1.61. The highest BCUT2D eigenvalue weighted by molar-refractivity contribution is 5.94. The van der Waals surface area contributed by atoms with Crippen LogP contribution in [0.5, 0.6) is 0 Å². The van der Waals surface area contributed by atoms with Crippen LogP contribution in [-0.2, 0) is 13.1 Å². The van der Waals surface area contributed by atoms with Crippen molar-refractivity contribution in [1.29, 1.82) is 0 Å². The van der Waals surface area contributed by atoms with Crippen LogP contribution in [0.25, 0.3) is 0 Å². The molecule has 7 nitrogen and oxygen atoms in total. The molecule has 3 rings (SSSR count). The highest BCUT2D eigenvalue weighted by Crippen LogP contribution is 2.07. The second-order valence-corrected chi connectivity index (χ2v) is 4.89. The van der Waals surface area contributed by atoms with Crippen LogP contribution in [-0.4, -0.2) is 26.1 Å². The van der Waals surface area contributed by atoms with E-state index >= 15 is 0 Å². The fourth-order valence-electron chi connectivity index (χ4n) is 2.01. The zero-order valence-corrected chi connectivity index (χ0v) is 12.1. The summed E-state index contributed by atoms with van der Waals surface area (Å²) >= 11 is 0. The van der Waals surface area contributed by atoms with Crippen LogP contribution in [0, 0.1) is 6.92 Å². The molecule has 0 unspecified atom stereocenters. The third-order valence-corrected chi connectivity index (χ3v) is 3.29. The third-order valence-electron chi connectivity index (χ3n) is 3.29. The van der Waals surface area contributed by atoms with E-state index in [9.17, 15) is 4.79 Å². The van der Waals surface area contributed by atoms with Crippen molar-refractivity contribution in [3.8, 4) is 0 Å². The minimum Gasteiger partial charge on any atom is -0.472 e. The molecular weight excluding hydrogens is 282 g/mol. The van der Waals surface area contributed by atoms with E-state index in [2.05, 4.69) is 20.8 Å². The maximum Gasteiger partial charge on any atom is 0.251 e. The molecule has 0 aliphatic heterocycles. The molecule has 0 aliphatic rings. The zero-order valence-electron chi connectivity index (χ0n) is 12.1. The number of hydrogen-bond acceptors (Lipinski definition) is 5. The van der Waals surface area contributed by atoms with E-state index in [-0.39, 0.29) is 5.91 Å². The van der Waals surface area contributed by atoms with Gasteiger partial charge in [0.2, 0.25) is 0 Å². The second-order valence-electron chi connectivity index (χ2n) is 4.89. The molecule has 1 aromatic carbocycles. The lowest BCUT2D eigenvalue weighted by Gasteiger charge is -2.06. The van der Waals surface area contributed by atoms with E-state index in [1.807, 2.05) is 25.1 Å². The van der Waals surface area contributed by atoms with E-state index in [4.69, 9.17) is 4.42 Å². The molecule has 3 aromatic rings. The van der Waals surface area contributed by atoms with Crippen molar-refractivity contribution >= 4 is 5.91 Å². The summed E-state index contributed by atoms with van der Waals surface area (Å²) in [6.45, 7) is 2.87. The van der Waals surface area contributed by atoms with Crippen molar-refractivity contribution < 1.29 is 9.21 Å². The summed E-state index contributed by atoms with van der Waals surface area (Å²) in [7, 11) is 0. The number of benzene rings is 1. The summed E-state index contributed by atoms with van der Waals surface area (Å²) in [5, 5.41) is 14.2. The number of hydrogen-bond donors (Lipinski definition) is 1. The van der Waals surface area contributed by atoms with Gasteiger partial charge in [0.1, 0.15) is 5.82 Å². The number of carbonyl (C=O) groups is 1. The molecule has 0 radical (unpaired) electrons. The Morgan fingerprint density at radius 1 is 1.23 bits per heavy atom. The normalized spacial score (nSPS) is 10.6. The standard InChI is InChI=1S/C15H15N5O2/c1-11-17-18-19-20(11)9-12-2-4-14(5-3-12)15(21)16-8-13-6-7-22-10-13/h2-7,10H,8-9H2,1H3,(H,16,21). The molecule has 0 bridgehead atoms. The predicted molar refractivity (Wildman–Crippen MR) is 78.0 cm³/mol. The number of nitrogens with zero attached hydrogens (tertiary/aromatic N) is 4. The van der Waals surface area contributed by atoms with Gasteiger partial charge in [-0.05, 0) is 41.1 Å². The lowest BCUT2D eigenvalue weighted by Crippen LogP contribution is -2.22. The summed E-state index contributed by atoms with van der Waals surface area (Å²) in [4.78, 5) is 12.0. The van der Waals surface area contributed by atoms with Crippen molar-refractivity contribution in [2.24, 2.45) is 0 Å². The third kappa shape index (κ3) is 3.20. The SMILES string of the molecule is Cc1nnnn1Cc1ccc(C(=O)NCc2ccoc2)cc1. The van der Waals surface area contributed by atoms with Crippen molar-refractivity contribution in [1.82, 2.24) is 25.5 Å². The van der Waals surface area contributed by atoms with E-state index in [1.165, 1.54) is 0 Å². The summed E-state index contributed by atoms with van der Waals surface area (Å²) in [5.74, 6) is 0.633. The molecule has 0 fully saturated rings. The molecule has 1 N–H and O–H groups in total. The number of nitrogens with one attached hydrogen (secondary N) is 1. The summed E-state index contributed by atoms with van der Waals surface area (Å²) in [6, 6.07) is 9.19. The van der Waals surface area contributed by atoms with Crippen LogP contribution in [0.1, 0.15) is 27.3 Å². The van der Waals surface area contributed by atoms with Gasteiger partial charge in [-0.2, -0.15) is 0 Å². The van der Waals surface area contributed by atoms with Gasteiger partial charge in [-0.1, -0.05) is 12.1 Å². The summed E-state index contributed by atoms with van der Waals surface area (Å²) in [6.07, 6.45) is 3.19. The first-order valence-electron chi connectivity index (χ1n) is 6.83. The van der Waals surface area contributed by atoms with Gasteiger partial charge in [0, 0.05) is 17.7 Å². The van der Waals surface area contributed by atoms with Gasteiger partial charge in [0.05, 0.1) is 19.1 Å². The number of aromatic nitrogens is 4. The first kappa shape index (κ1) is 14.0. The van der Waals surface area contributed by atoms with Crippen LogP contribution >= 0.6 is 0 Å². The van der Waals surface area contributed by atoms with E-state index in [0.717, 1.165) is 17.0 Å². The lowest BCUT2D eigenvalue weighted by atomic mass is 10.1. The molecule has 1 amide bonds. The number of carbonyl (C=O) groups excluding carboxylic acids is 1. The molecule has 112 valence electrons. The van der Waals surface area contributed by atoms with Crippen LogP contribution in [0.15, 0.2) is 47.3 Å². The zero-order chi connectivity index (χ0) is 15.4. The molecule has 0 saturated heterocycles. The Bertz CT molecular complexity index is 747. The number of tetrazole rings is 1. The molecule has 0 saturated carbocycles. The molecule has 2 heterocycles. The van der Waals surface area contributed by atoms with Crippen LogP contribution in [0.4, 0.5) is 0 Å². The number of furan rings is 1. The maximum absolute atomic E-state index is 12.0. The van der Waals surface area contributed by atoms with Crippen LogP contribution in [0.3, 0.4) is 0 Å². The van der Waals surface area contributed by atoms with Crippen LogP contribution in [0.2, 0.25) is 0 Å². The first-order valence-corrected chi connectivity index (χ1v) is 6.83. The topological polar surface area (TPSA) is 85.8 Å². The van der Waals surface area contributed by atoms with Gasteiger partial charge >= 0.3 is 0 Å². The monoisotopic (exact) mass is 297 g/mol. The van der Waals surface area contributed by atoms with Gasteiger partial charge < -0.3 is 9.73 Å². The summed E-state index contributed by atoms with van der Waals surface area (Å²) in [5.41, 5.74) is 2.57. The highest BCUT2D eigenvalue weighted by atomic mass is 16.3. The fraction of sp³-hybridized carbons (Fsp3) is 0.200. The Morgan fingerprint density at radius 3 is 2.68 bits per heavy atom. The average Bonchev–Trinajstić information content (AvgIpc) is 3.18. The highest BCUT2D eigenvalue weighted by Gasteiger charge is 2.07. The first-order chi connectivity index (χ1) is 10.7. The number of amides is 1. The van der Waals surface area contributed by atoms with Crippen LogP contribution < -0.4 is 5.32 Å². The molecule has 0 spiro atoms. The average molecular weight is 297 g/mol. The minimum absolute atomic E-state index is 0.119. The van der Waals surface area contributed by atoms with Crippen molar-refractivity contribution in [3.63, 3.8) is 0 Å². The van der Waals surface area contributed by atoms with Gasteiger partial charge in [0.25, 0.3) is 5.91 Å². The van der Waals surface area contributed by atoms with Gasteiger partial charge in [-0.25, -0.2) is 4.68 Å². The van der Waals surface area contributed by atoms with E-state index in [0.29, 0.717) is 18.7 Å². The van der Waals surface area contributed by atoms with Gasteiger partial charge in [0.15, 0.2) is 0 Å². The van der Waals surface area contributed by atoms with Crippen molar-refractivity contribution in [2.45, 2.75) is 20.0 Å². The largest absolute Gasteiger partial charge is 0.472 e. The lowest BCUT2D eigenvalue weighted by molar-refractivity contribution is 0.0951. The molecule has 2 aromatic heterocycles. The molecular formula is C15H15N5O2. The Labute approximate surface area is 126 Å². The fourth-order valence-corrected chi connectivity index (χ4v) is 2.01. The number of aryl methyl sites for hydroxylation is 1. The molecule has 0 atom stereocenters. The van der Waals surface area contributed by atoms with Crippen molar-refractivity contribution in [3.05, 3.63) is 65.4 Å². The number of rotatable bonds is 5. The summed E-state index contributed by atoms with van der Waals surface area (Å²) < 4.78 is 6.66. The molecule has 7 heteroatoms. The van der Waals surface area contributed by atoms with E-state index < -0.39 is 0 Å². The smallest absolute Gasteiger partial charge is 0.251 e. The molecule has 0 aliphatic carbocycles. The Morgan fingerprint density at radius 2 is 2.05 bits per heavy atom. The Hall–Kier alpha value is -2.96. The van der Waals surface area contributed by atoms with Crippen molar-refractivity contribution in [2.75, 3.05) is 0 Å². The van der Waals surface area contributed by atoms with E-state index in [1.54, 1.807) is 29.3 Å². The minimum atomic E-state index is -0.119. The molecule has 22 heavy (non-hydrogen) atoms. The Kier molecular flexibility index (Phi) is 3.95. The second kappa shape index (κ2) is 6.21. The van der Waals surface area contributed by atoms with Gasteiger partial charge in [-0.3, -0.25) is 4.79 Å². The maximum atomic E-state index is 12.0. The quantitative estimate of drug-likeness (QED) is 0.772. The van der Waals surface area contributed by atoms with Gasteiger partial charge in [-0.15, -0.1) is 5.10 Å².